The van der Waals surface area contributed by atoms with E-state index in [-0.39, 0.29) is 16.0 Å². The van der Waals surface area contributed by atoms with Gasteiger partial charge in [0.1, 0.15) is 10.6 Å². The van der Waals surface area contributed by atoms with Gasteiger partial charge < -0.3 is 10.1 Å². The van der Waals surface area contributed by atoms with E-state index in [9.17, 15) is 8.42 Å². The summed E-state index contributed by atoms with van der Waals surface area (Å²) in [4.78, 5) is 0.0467. The Hall–Kier alpha value is -0.820. The van der Waals surface area contributed by atoms with Crippen LogP contribution in [0, 0.1) is 0 Å². The van der Waals surface area contributed by atoms with E-state index in [1.54, 1.807) is 6.07 Å². The van der Waals surface area contributed by atoms with E-state index in [1.165, 1.54) is 19.2 Å². The molecule has 1 aliphatic heterocycles. The third-order valence-corrected chi connectivity index (χ3v) is 4.53. The first-order valence-corrected chi connectivity index (χ1v) is 6.95. The first-order chi connectivity index (χ1) is 8.03. The lowest BCUT2D eigenvalue weighted by atomic mass is 10.2. The number of sulfonamides is 1. The highest BCUT2D eigenvalue weighted by Gasteiger charge is 2.26. The van der Waals surface area contributed by atoms with Crippen LogP contribution in [0.5, 0.6) is 5.75 Å². The van der Waals surface area contributed by atoms with Crippen molar-refractivity contribution < 1.29 is 13.2 Å². The summed E-state index contributed by atoms with van der Waals surface area (Å²) >= 11 is 5.89. The molecule has 2 rings (SSSR count). The Bertz CT molecular complexity index is 514. The third-order valence-electron chi connectivity index (χ3n) is 2.53. The van der Waals surface area contributed by atoms with E-state index in [0.29, 0.717) is 18.8 Å². The molecule has 1 heterocycles. The van der Waals surface area contributed by atoms with Crippen molar-refractivity contribution in [3.63, 3.8) is 0 Å². The first-order valence-electron chi connectivity index (χ1n) is 5.09. The van der Waals surface area contributed by atoms with Crippen LogP contribution in [0.1, 0.15) is 0 Å². The third kappa shape index (κ3) is 2.71. The largest absolute Gasteiger partial charge is 0.497 e. The molecule has 0 unspecified atom stereocenters. The summed E-state index contributed by atoms with van der Waals surface area (Å²) in [6.07, 6.45) is 0. The molecular formula is C10H13ClN2O3S. The van der Waals surface area contributed by atoms with E-state index in [4.69, 9.17) is 16.3 Å². The number of nitrogens with one attached hydrogen (secondary N) is 2. The Balaban J connectivity index is 2.30. The minimum atomic E-state index is -3.59. The van der Waals surface area contributed by atoms with Gasteiger partial charge in [0.05, 0.1) is 12.1 Å². The van der Waals surface area contributed by atoms with Crippen molar-refractivity contribution >= 4 is 21.6 Å². The van der Waals surface area contributed by atoms with E-state index in [2.05, 4.69) is 10.0 Å². The lowest BCUT2D eigenvalue weighted by Crippen LogP contribution is -2.56. The van der Waals surface area contributed by atoms with Crippen molar-refractivity contribution in [2.75, 3.05) is 20.2 Å². The van der Waals surface area contributed by atoms with Crippen LogP contribution in [0.25, 0.3) is 0 Å². The first kappa shape index (κ1) is 12.6. The average molecular weight is 277 g/mol. The van der Waals surface area contributed by atoms with Crippen LogP contribution in [0.15, 0.2) is 23.1 Å². The van der Waals surface area contributed by atoms with Gasteiger partial charge in [0.2, 0.25) is 10.0 Å². The van der Waals surface area contributed by atoms with Crippen molar-refractivity contribution in [3.8, 4) is 5.75 Å². The Morgan fingerprint density at radius 1 is 1.47 bits per heavy atom. The molecule has 0 atom stereocenters. The average Bonchev–Trinajstić information content (AvgIpc) is 2.24. The van der Waals surface area contributed by atoms with E-state index in [0.717, 1.165) is 0 Å². The number of hydrogen-bond donors (Lipinski definition) is 2. The normalized spacial score (nSPS) is 16.6. The van der Waals surface area contributed by atoms with E-state index in [1.807, 2.05) is 0 Å². The molecule has 1 aliphatic rings. The van der Waals surface area contributed by atoms with Crippen molar-refractivity contribution in [1.82, 2.24) is 10.0 Å². The minimum absolute atomic E-state index is 0.0467. The van der Waals surface area contributed by atoms with E-state index < -0.39 is 10.0 Å². The smallest absolute Gasteiger partial charge is 0.242 e. The second-order valence-electron chi connectivity index (χ2n) is 3.77. The van der Waals surface area contributed by atoms with Crippen LogP contribution >= 0.6 is 11.6 Å². The highest BCUT2D eigenvalue weighted by Crippen LogP contribution is 2.26. The molecule has 0 bridgehead atoms. The number of halogens is 1. The van der Waals surface area contributed by atoms with Crippen molar-refractivity contribution in [3.05, 3.63) is 23.2 Å². The highest BCUT2D eigenvalue weighted by atomic mass is 35.5. The summed E-state index contributed by atoms with van der Waals surface area (Å²) in [5.41, 5.74) is 0. The van der Waals surface area contributed by atoms with Crippen LogP contribution < -0.4 is 14.8 Å². The van der Waals surface area contributed by atoms with Crippen molar-refractivity contribution in [2.45, 2.75) is 10.9 Å². The maximum absolute atomic E-state index is 12.0. The molecule has 1 saturated heterocycles. The Labute approximate surface area is 105 Å². The fraction of sp³-hybridized carbons (Fsp3) is 0.400. The zero-order valence-corrected chi connectivity index (χ0v) is 10.8. The fourth-order valence-corrected chi connectivity index (χ4v) is 3.22. The molecular weight excluding hydrogens is 264 g/mol. The van der Waals surface area contributed by atoms with E-state index >= 15 is 0 Å². The lowest BCUT2D eigenvalue weighted by Gasteiger charge is -2.27. The predicted octanol–water partition coefficient (Wildman–Crippen LogP) is 0.599. The molecule has 0 aliphatic carbocycles. The molecule has 0 aromatic heterocycles. The van der Waals surface area contributed by atoms with Gasteiger partial charge in [-0.15, -0.1) is 0 Å². The Morgan fingerprint density at radius 3 is 2.71 bits per heavy atom. The Kier molecular flexibility index (Phi) is 3.58. The molecule has 0 spiro atoms. The summed E-state index contributed by atoms with van der Waals surface area (Å²) in [5, 5.41) is 3.17. The summed E-state index contributed by atoms with van der Waals surface area (Å²) in [6, 6.07) is 4.47. The molecule has 2 N–H and O–H groups in total. The topological polar surface area (TPSA) is 67.4 Å². The van der Waals surface area contributed by atoms with Gasteiger partial charge in [0, 0.05) is 25.2 Å². The van der Waals surface area contributed by atoms with Gasteiger partial charge >= 0.3 is 0 Å². The van der Waals surface area contributed by atoms with Gasteiger partial charge in [0.25, 0.3) is 0 Å². The standard InChI is InChI=1S/C10H13ClN2O3S/c1-16-8-2-3-9(11)10(4-8)17(14,15)13-7-5-12-6-7/h2-4,7,12-13H,5-6H2,1H3. The summed E-state index contributed by atoms with van der Waals surface area (Å²) in [6.45, 7) is 1.28. The van der Waals surface area contributed by atoms with Crippen LogP contribution in [0.3, 0.4) is 0 Å². The second-order valence-corrected chi connectivity index (χ2v) is 5.86. The maximum Gasteiger partial charge on any atom is 0.242 e. The molecule has 1 aromatic carbocycles. The van der Waals surface area contributed by atoms with Crippen molar-refractivity contribution in [2.24, 2.45) is 0 Å². The number of ether oxygens (including phenoxy) is 1. The van der Waals surface area contributed by atoms with Crippen molar-refractivity contribution in [1.29, 1.82) is 0 Å². The van der Waals surface area contributed by atoms with Gasteiger partial charge in [-0.05, 0) is 12.1 Å². The number of hydrogen-bond acceptors (Lipinski definition) is 4. The second kappa shape index (κ2) is 4.81. The molecule has 94 valence electrons. The SMILES string of the molecule is COc1ccc(Cl)c(S(=O)(=O)NC2CNC2)c1. The molecule has 17 heavy (non-hydrogen) atoms. The monoisotopic (exact) mass is 276 g/mol. The molecule has 0 radical (unpaired) electrons. The summed E-state index contributed by atoms with van der Waals surface area (Å²) in [5.74, 6) is 0.460. The molecule has 1 aromatic rings. The summed E-state index contributed by atoms with van der Waals surface area (Å²) in [7, 11) is -2.11. The minimum Gasteiger partial charge on any atom is -0.497 e. The molecule has 0 amide bonds. The van der Waals surface area contributed by atoms with Crippen LogP contribution in [0.2, 0.25) is 5.02 Å². The zero-order chi connectivity index (χ0) is 12.5. The van der Waals surface area contributed by atoms with Crippen LogP contribution in [-0.2, 0) is 10.0 Å². The number of benzene rings is 1. The van der Waals surface area contributed by atoms with Gasteiger partial charge in [0.15, 0.2) is 0 Å². The van der Waals surface area contributed by atoms with Gasteiger partial charge in [-0.3, -0.25) is 0 Å². The fourth-order valence-electron chi connectivity index (χ4n) is 1.47. The summed E-state index contributed by atoms with van der Waals surface area (Å²) < 4.78 is 31.6. The molecule has 7 heteroatoms. The zero-order valence-electron chi connectivity index (χ0n) is 9.23. The molecule has 0 saturated carbocycles. The highest BCUT2D eigenvalue weighted by molar-refractivity contribution is 7.89. The molecule has 1 fully saturated rings. The number of rotatable bonds is 4. The predicted molar refractivity (Wildman–Crippen MR) is 65.0 cm³/mol. The quantitative estimate of drug-likeness (QED) is 0.845. The Morgan fingerprint density at radius 2 is 2.18 bits per heavy atom. The van der Waals surface area contributed by atoms with Gasteiger partial charge in [-0.2, -0.15) is 0 Å². The van der Waals surface area contributed by atoms with Crippen LogP contribution in [-0.4, -0.2) is 34.7 Å². The maximum atomic E-state index is 12.0. The van der Waals surface area contributed by atoms with Gasteiger partial charge in [-0.1, -0.05) is 11.6 Å². The van der Waals surface area contributed by atoms with Gasteiger partial charge in [-0.25, -0.2) is 13.1 Å². The lowest BCUT2D eigenvalue weighted by molar-refractivity contribution is 0.408. The van der Waals surface area contributed by atoms with Crippen LogP contribution in [0.4, 0.5) is 0 Å². The number of methoxy groups -OCH3 is 1. The molecule has 5 nitrogen and oxygen atoms in total.